The zero-order valence-corrected chi connectivity index (χ0v) is 7.96. The lowest BCUT2D eigenvalue weighted by Gasteiger charge is -2.07. The second-order valence-electron chi connectivity index (χ2n) is 3.17. The molecule has 0 saturated heterocycles. The van der Waals surface area contributed by atoms with Gasteiger partial charge in [0, 0.05) is 12.6 Å². The predicted molar refractivity (Wildman–Crippen MR) is 52.4 cm³/mol. The molecular formula is C10H13FN2O. The molecule has 1 amide bonds. The quantitative estimate of drug-likeness (QED) is 0.754. The van der Waals surface area contributed by atoms with E-state index in [1.165, 1.54) is 18.2 Å². The summed E-state index contributed by atoms with van der Waals surface area (Å²) in [4.78, 5) is 11.4. The number of hydrogen-bond acceptors (Lipinski definition) is 2. The van der Waals surface area contributed by atoms with Crippen molar-refractivity contribution in [3.63, 3.8) is 0 Å². The fourth-order valence-electron chi connectivity index (χ4n) is 0.994. The van der Waals surface area contributed by atoms with Crippen LogP contribution in [0.25, 0.3) is 0 Å². The number of halogens is 1. The molecule has 3 N–H and O–H groups in total. The van der Waals surface area contributed by atoms with E-state index in [1.807, 2.05) is 0 Å². The van der Waals surface area contributed by atoms with E-state index in [9.17, 15) is 9.18 Å². The van der Waals surface area contributed by atoms with Gasteiger partial charge in [-0.2, -0.15) is 0 Å². The lowest BCUT2D eigenvalue weighted by Crippen LogP contribution is -2.35. The van der Waals surface area contributed by atoms with E-state index in [-0.39, 0.29) is 11.6 Å². The topological polar surface area (TPSA) is 55.1 Å². The average molecular weight is 196 g/mol. The number of rotatable bonds is 3. The Labute approximate surface area is 82.1 Å². The highest BCUT2D eigenvalue weighted by Crippen LogP contribution is 2.05. The molecule has 0 aliphatic heterocycles. The molecule has 14 heavy (non-hydrogen) atoms. The Morgan fingerprint density at radius 1 is 1.57 bits per heavy atom. The zero-order valence-electron chi connectivity index (χ0n) is 7.96. The minimum absolute atomic E-state index is 0.0492. The van der Waals surface area contributed by atoms with Crippen molar-refractivity contribution in [2.75, 3.05) is 6.54 Å². The number of hydrogen-bond donors (Lipinski definition) is 2. The Morgan fingerprint density at radius 2 is 2.21 bits per heavy atom. The molecule has 0 saturated carbocycles. The van der Waals surface area contributed by atoms with Crippen LogP contribution in [-0.4, -0.2) is 18.5 Å². The van der Waals surface area contributed by atoms with Crippen LogP contribution in [-0.2, 0) is 0 Å². The van der Waals surface area contributed by atoms with Crippen LogP contribution in [0.2, 0.25) is 0 Å². The molecular weight excluding hydrogens is 183 g/mol. The Bertz CT molecular complexity index is 326. The standard InChI is InChI=1S/C10H13FN2O/c1-7(12)6-13-10(14)8-4-2-3-5-9(8)11/h2-5,7H,6,12H2,1H3,(H,13,14). The summed E-state index contributed by atoms with van der Waals surface area (Å²) in [6, 6.07) is 5.71. The van der Waals surface area contributed by atoms with Gasteiger partial charge in [-0.3, -0.25) is 4.79 Å². The highest BCUT2D eigenvalue weighted by Gasteiger charge is 2.09. The molecule has 0 bridgehead atoms. The van der Waals surface area contributed by atoms with E-state index in [2.05, 4.69) is 5.32 Å². The summed E-state index contributed by atoms with van der Waals surface area (Å²) in [5, 5.41) is 2.54. The van der Waals surface area contributed by atoms with E-state index in [0.29, 0.717) is 6.54 Å². The molecule has 1 aromatic rings. The van der Waals surface area contributed by atoms with Gasteiger partial charge in [0.05, 0.1) is 5.56 Å². The summed E-state index contributed by atoms with van der Waals surface area (Å²) >= 11 is 0. The second-order valence-corrected chi connectivity index (χ2v) is 3.17. The molecule has 0 aromatic heterocycles. The number of benzene rings is 1. The van der Waals surface area contributed by atoms with E-state index in [1.54, 1.807) is 13.0 Å². The van der Waals surface area contributed by atoms with Gasteiger partial charge in [0.15, 0.2) is 0 Å². The van der Waals surface area contributed by atoms with Gasteiger partial charge in [-0.1, -0.05) is 12.1 Å². The summed E-state index contributed by atoms with van der Waals surface area (Å²) in [6.07, 6.45) is 0. The Hall–Kier alpha value is -1.42. The Balaban J connectivity index is 2.65. The lowest BCUT2D eigenvalue weighted by atomic mass is 10.2. The molecule has 1 aromatic carbocycles. The van der Waals surface area contributed by atoms with Crippen molar-refractivity contribution in [2.45, 2.75) is 13.0 Å². The van der Waals surface area contributed by atoms with Gasteiger partial charge in [0.2, 0.25) is 0 Å². The first kappa shape index (κ1) is 10.7. The Kier molecular flexibility index (Phi) is 3.59. The maximum atomic E-state index is 13.1. The maximum Gasteiger partial charge on any atom is 0.254 e. The van der Waals surface area contributed by atoms with Crippen molar-refractivity contribution in [2.24, 2.45) is 5.73 Å². The summed E-state index contributed by atoms with van der Waals surface area (Å²) < 4.78 is 13.1. The van der Waals surface area contributed by atoms with Crippen LogP contribution in [0.1, 0.15) is 17.3 Å². The first-order valence-electron chi connectivity index (χ1n) is 4.39. The lowest BCUT2D eigenvalue weighted by molar-refractivity contribution is 0.0947. The second kappa shape index (κ2) is 4.72. The molecule has 0 aliphatic rings. The van der Waals surface area contributed by atoms with E-state index in [0.717, 1.165) is 0 Å². The summed E-state index contributed by atoms with van der Waals surface area (Å²) in [5.41, 5.74) is 5.50. The van der Waals surface area contributed by atoms with Crippen molar-refractivity contribution in [3.8, 4) is 0 Å². The normalized spacial score (nSPS) is 12.2. The molecule has 0 heterocycles. The first-order chi connectivity index (χ1) is 6.61. The molecule has 1 rings (SSSR count). The average Bonchev–Trinajstić information content (AvgIpc) is 2.15. The number of nitrogens with one attached hydrogen (secondary N) is 1. The monoisotopic (exact) mass is 196 g/mol. The highest BCUT2D eigenvalue weighted by atomic mass is 19.1. The molecule has 0 fully saturated rings. The van der Waals surface area contributed by atoms with Crippen LogP contribution >= 0.6 is 0 Å². The number of carbonyl (C=O) groups excluding carboxylic acids is 1. The largest absolute Gasteiger partial charge is 0.350 e. The van der Waals surface area contributed by atoms with Gasteiger partial charge >= 0.3 is 0 Å². The van der Waals surface area contributed by atoms with Crippen LogP contribution in [0, 0.1) is 5.82 Å². The summed E-state index contributed by atoms with van der Waals surface area (Å²) in [5.74, 6) is -0.949. The van der Waals surface area contributed by atoms with E-state index < -0.39 is 11.7 Å². The fraction of sp³-hybridized carbons (Fsp3) is 0.300. The fourth-order valence-corrected chi connectivity index (χ4v) is 0.994. The van der Waals surface area contributed by atoms with Crippen molar-refractivity contribution < 1.29 is 9.18 Å². The summed E-state index contributed by atoms with van der Waals surface area (Å²) in [7, 11) is 0. The van der Waals surface area contributed by atoms with Gasteiger partial charge in [0.25, 0.3) is 5.91 Å². The van der Waals surface area contributed by atoms with Gasteiger partial charge in [-0.25, -0.2) is 4.39 Å². The molecule has 0 aliphatic carbocycles. The van der Waals surface area contributed by atoms with Crippen molar-refractivity contribution in [1.82, 2.24) is 5.32 Å². The molecule has 1 unspecified atom stereocenters. The summed E-state index contributed by atoms with van der Waals surface area (Å²) in [6.45, 7) is 2.11. The molecule has 1 atom stereocenters. The van der Waals surface area contributed by atoms with Crippen molar-refractivity contribution in [1.29, 1.82) is 0 Å². The van der Waals surface area contributed by atoms with Crippen LogP contribution in [0.4, 0.5) is 4.39 Å². The Morgan fingerprint density at radius 3 is 2.79 bits per heavy atom. The third-order valence-electron chi connectivity index (χ3n) is 1.70. The number of amides is 1. The third-order valence-corrected chi connectivity index (χ3v) is 1.70. The van der Waals surface area contributed by atoms with Gasteiger partial charge in [-0.15, -0.1) is 0 Å². The smallest absolute Gasteiger partial charge is 0.254 e. The minimum atomic E-state index is -0.519. The van der Waals surface area contributed by atoms with Crippen molar-refractivity contribution >= 4 is 5.91 Å². The number of carbonyl (C=O) groups is 1. The predicted octanol–water partition coefficient (Wildman–Crippen LogP) is 0.903. The van der Waals surface area contributed by atoms with Crippen LogP contribution in [0.3, 0.4) is 0 Å². The SMILES string of the molecule is CC(N)CNC(=O)c1ccccc1F. The van der Waals surface area contributed by atoms with E-state index in [4.69, 9.17) is 5.73 Å². The van der Waals surface area contributed by atoms with Crippen LogP contribution < -0.4 is 11.1 Å². The zero-order chi connectivity index (χ0) is 10.6. The van der Waals surface area contributed by atoms with Gasteiger partial charge in [0.1, 0.15) is 5.82 Å². The van der Waals surface area contributed by atoms with Crippen LogP contribution in [0.15, 0.2) is 24.3 Å². The van der Waals surface area contributed by atoms with Crippen LogP contribution in [0.5, 0.6) is 0 Å². The van der Waals surface area contributed by atoms with Gasteiger partial charge < -0.3 is 11.1 Å². The molecule has 0 spiro atoms. The molecule has 0 radical (unpaired) electrons. The van der Waals surface area contributed by atoms with Gasteiger partial charge in [-0.05, 0) is 19.1 Å². The highest BCUT2D eigenvalue weighted by molar-refractivity contribution is 5.94. The van der Waals surface area contributed by atoms with Crippen molar-refractivity contribution in [3.05, 3.63) is 35.6 Å². The first-order valence-corrected chi connectivity index (χ1v) is 4.39. The number of nitrogens with two attached hydrogens (primary N) is 1. The van der Waals surface area contributed by atoms with E-state index >= 15 is 0 Å². The maximum absolute atomic E-state index is 13.1. The molecule has 4 heteroatoms. The molecule has 3 nitrogen and oxygen atoms in total. The third kappa shape index (κ3) is 2.81. The molecule has 76 valence electrons. The minimum Gasteiger partial charge on any atom is -0.350 e.